The van der Waals surface area contributed by atoms with Crippen LogP contribution in [0.3, 0.4) is 0 Å². The molecule has 1 aliphatic heterocycles. The number of aromatic hydroxyl groups is 1. The molecule has 2 aromatic rings. The number of aliphatic hydroxyl groups is 1. The first kappa shape index (κ1) is 29.9. The van der Waals surface area contributed by atoms with Crippen molar-refractivity contribution in [1.29, 1.82) is 0 Å². The molecule has 222 valence electrons. The van der Waals surface area contributed by atoms with E-state index >= 15 is 0 Å². The molecule has 0 amide bonds. The Balaban J connectivity index is 2.21. The maximum Gasteiger partial charge on any atom is 0.334 e. The maximum absolute atomic E-state index is 13.2. The minimum atomic E-state index is -1.86. The van der Waals surface area contributed by atoms with Crippen LogP contribution in [0.4, 0.5) is 0 Å². The zero-order chi connectivity index (χ0) is 30.2. The van der Waals surface area contributed by atoms with Gasteiger partial charge in [-0.1, -0.05) is 19.9 Å². The number of methoxy groups -OCH3 is 3. The van der Waals surface area contributed by atoms with E-state index in [1.165, 1.54) is 34.3 Å². The molecule has 4 rings (SSSR count). The van der Waals surface area contributed by atoms with Crippen molar-refractivity contribution in [3.8, 4) is 45.6 Å². The van der Waals surface area contributed by atoms with Gasteiger partial charge in [0.2, 0.25) is 18.3 Å². The first-order chi connectivity index (χ1) is 19.5. The van der Waals surface area contributed by atoms with Gasteiger partial charge in [-0.3, -0.25) is 4.79 Å². The van der Waals surface area contributed by atoms with Gasteiger partial charge < -0.3 is 43.4 Å². The molecule has 2 aliphatic rings. The average Bonchev–Trinajstić information content (AvgIpc) is 3.44. The number of hydrogen-bond acceptors (Lipinski definition) is 11. The summed E-state index contributed by atoms with van der Waals surface area (Å²) in [4.78, 5) is 25.9. The second kappa shape index (κ2) is 11.4. The number of hydrogen-bond donors (Lipinski definition) is 2. The predicted molar refractivity (Wildman–Crippen MR) is 146 cm³/mol. The molecular formula is C30H36O11. The molecule has 0 spiro atoms. The molecule has 4 unspecified atom stereocenters. The van der Waals surface area contributed by atoms with Crippen LogP contribution < -0.4 is 23.7 Å². The number of benzene rings is 2. The number of carbonyl (C=O) groups excluding carboxylic acids is 2. The third-order valence-electron chi connectivity index (χ3n) is 7.80. The highest BCUT2D eigenvalue weighted by molar-refractivity contribution is 5.91. The van der Waals surface area contributed by atoms with E-state index in [1.807, 2.05) is 0 Å². The van der Waals surface area contributed by atoms with E-state index in [1.54, 1.807) is 39.8 Å². The normalized spacial score (nSPS) is 23.0. The Kier molecular flexibility index (Phi) is 8.30. The number of rotatable bonds is 7. The lowest BCUT2D eigenvalue weighted by Crippen LogP contribution is -2.46. The van der Waals surface area contributed by atoms with Crippen molar-refractivity contribution in [1.82, 2.24) is 0 Å². The van der Waals surface area contributed by atoms with Crippen molar-refractivity contribution in [3.63, 3.8) is 0 Å². The molecule has 41 heavy (non-hydrogen) atoms. The minimum absolute atomic E-state index is 0.0120. The Labute approximate surface area is 238 Å². The second-order valence-electron chi connectivity index (χ2n) is 10.1. The van der Waals surface area contributed by atoms with Crippen molar-refractivity contribution in [2.24, 2.45) is 5.92 Å². The SMILES string of the molecule is CC=C(C)C(=O)OC1c2cc(OC)c(OC)c(O)c2-c2c(cc3c(c2OC)OCO3)C(OC(=O)CC)C(C)C1(C)O. The lowest BCUT2D eigenvalue weighted by atomic mass is 9.71. The fraction of sp³-hybridized carbons (Fsp3) is 0.467. The monoisotopic (exact) mass is 572 g/mol. The fourth-order valence-electron chi connectivity index (χ4n) is 5.19. The van der Waals surface area contributed by atoms with E-state index in [9.17, 15) is 19.8 Å². The fourth-order valence-corrected chi connectivity index (χ4v) is 5.19. The summed E-state index contributed by atoms with van der Waals surface area (Å²) in [6.45, 7) is 8.00. The first-order valence-corrected chi connectivity index (χ1v) is 13.2. The summed E-state index contributed by atoms with van der Waals surface area (Å²) in [6.07, 6.45) is -0.831. The summed E-state index contributed by atoms with van der Waals surface area (Å²) >= 11 is 0. The van der Waals surface area contributed by atoms with Crippen molar-refractivity contribution in [3.05, 3.63) is 34.9 Å². The van der Waals surface area contributed by atoms with Crippen LogP contribution in [0.2, 0.25) is 0 Å². The lowest BCUT2D eigenvalue weighted by Gasteiger charge is -2.43. The topological polar surface area (TPSA) is 139 Å². The van der Waals surface area contributed by atoms with Gasteiger partial charge in [-0.2, -0.15) is 0 Å². The van der Waals surface area contributed by atoms with Gasteiger partial charge in [-0.25, -0.2) is 4.79 Å². The predicted octanol–water partition coefficient (Wildman–Crippen LogP) is 4.76. The smallest absolute Gasteiger partial charge is 0.334 e. The van der Waals surface area contributed by atoms with E-state index in [4.69, 9.17) is 33.2 Å². The molecule has 0 bridgehead atoms. The average molecular weight is 573 g/mol. The van der Waals surface area contributed by atoms with Gasteiger partial charge in [0.15, 0.2) is 29.1 Å². The molecule has 0 fully saturated rings. The van der Waals surface area contributed by atoms with E-state index in [0.29, 0.717) is 16.9 Å². The molecule has 11 heteroatoms. The zero-order valence-electron chi connectivity index (χ0n) is 24.4. The van der Waals surface area contributed by atoms with Crippen molar-refractivity contribution < 1.29 is 53.0 Å². The van der Waals surface area contributed by atoms with Crippen LogP contribution in [0, 0.1) is 5.92 Å². The number of ether oxygens (including phenoxy) is 7. The highest BCUT2D eigenvalue weighted by Crippen LogP contribution is 2.61. The summed E-state index contributed by atoms with van der Waals surface area (Å²) in [6, 6.07) is 3.17. The Morgan fingerprint density at radius 1 is 1.05 bits per heavy atom. The number of fused-ring (bicyclic) bond motifs is 4. The first-order valence-electron chi connectivity index (χ1n) is 13.2. The van der Waals surface area contributed by atoms with Gasteiger partial charge in [0.25, 0.3) is 0 Å². The number of esters is 2. The van der Waals surface area contributed by atoms with Crippen LogP contribution in [0.5, 0.6) is 34.5 Å². The van der Waals surface area contributed by atoms with Crippen LogP contribution in [0.25, 0.3) is 11.1 Å². The highest BCUT2D eigenvalue weighted by Gasteiger charge is 2.51. The van der Waals surface area contributed by atoms with Gasteiger partial charge in [0.05, 0.1) is 21.3 Å². The van der Waals surface area contributed by atoms with E-state index in [2.05, 4.69) is 0 Å². The zero-order valence-corrected chi connectivity index (χ0v) is 24.4. The Bertz CT molecular complexity index is 1390. The Morgan fingerprint density at radius 2 is 1.73 bits per heavy atom. The van der Waals surface area contributed by atoms with Crippen LogP contribution in [0.1, 0.15) is 64.4 Å². The second-order valence-corrected chi connectivity index (χ2v) is 10.1. The number of phenolic OH excluding ortho intramolecular Hbond substituents is 1. The summed E-state index contributed by atoms with van der Waals surface area (Å²) in [7, 11) is 4.18. The summed E-state index contributed by atoms with van der Waals surface area (Å²) in [5.41, 5.74) is -0.590. The van der Waals surface area contributed by atoms with Crippen LogP contribution in [-0.2, 0) is 19.1 Å². The van der Waals surface area contributed by atoms with E-state index in [0.717, 1.165) is 0 Å². The summed E-state index contributed by atoms with van der Waals surface area (Å²) < 4.78 is 40.2. The van der Waals surface area contributed by atoms with Gasteiger partial charge >= 0.3 is 11.9 Å². The molecule has 0 saturated heterocycles. The largest absolute Gasteiger partial charge is 0.504 e. The van der Waals surface area contributed by atoms with Gasteiger partial charge in [-0.05, 0) is 32.9 Å². The maximum atomic E-state index is 13.2. The van der Waals surface area contributed by atoms with Gasteiger partial charge in [0, 0.05) is 40.2 Å². The summed E-state index contributed by atoms with van der Waals surface area (Å²) in [5, 5.41) is 24.0. The standard InChI is InChI=1S/C30H36O11/c1-9-14(3)29(33)41-28-17-12-18(35-6)25(36-7)23(32)21(17)22-16(11-19-26(27(22)37-8)39-13-38-19)24(40-20(31)10-2)15(4)30(28,5)34/h9,11-12,15,24,28,32,34H,10,13H2,1-8H3. The van der Waals surface area contributed by atoms with Crippen LogP contribution in [-0.4, -0.2) is 55.9 Å². The summed E-state index contributed by atoms with van der Waals surface area (Å²) in [5.74, 6) is -1.57. The molecule has 0 aromatic heterocycles. The van der Waals surface area contributed by atoms with Crippen molar-refractivity contribution in [2.75, 3.05) is 28.1 Å². The van der Waals surface area contributed by atoms with Crippen molar-refractivity contribution in [2.45, 2.75) is 58.8 Å². The minimum Gasteiger partial charge on any atom is -0.504 e. The molecule has 2 aromatic carbocycles. The van der Waals surface area contributed by atoms with Crippen LogP contribution >= 0.6 is 0 Å². The number of carbonyl (C=O) groups is 2. The van der Waals surface area contributed by atoms with Crippen LogP contribution in [0.15, 0.2) is 23.8 Å². The highest BCUT2D eigenvalue weighted by atomic mass is 16.7. The number of phenols is 1. The third kappa shape index (κ3) is 4.88. The van der Waals surface area contributed by atoms with E-state index < -0.39 is 35.7 Å². The quantitative estimate of drug-likeness (QED) is 0.351. The van der Waals surface area contributed by atoms with Gasteiger partial charge in [-0.15, -0.1) is 0 Å². The molecule has 1 heterocycles. The van der Waals surface area contributed by atoms with Gasteiger partial charge in [0.1, 0.15) is 11.7 Å². The molecule has 0 saturated carbocycles. The molecule has 11 nitrogen and oxygen atoms in total. The molecule has 4 atom stereocenters. The molecule has 1 aliphatic carbocycles. The van der Waals surface area contributed by atoms with Crippen molar-refractivity contribution >= 4 is 11.9 Å². The Morgan fingerprint density at radius 3 is 2.32 bits per heavy atom. The molecule has 0 radical (unpaired) electrons. The number of allylic oxidation sites excluding steroid dienone is 1. The molecular weight excluding hydrogens is 536 g/mol. The Hall–Kier alpha value is -4.12. The van der Waals surface area contributed by atoms with E-state index in [-0.39, 0.29) is 58.7 Å². The lowest BCUT2D eigenvalue weighted by molar-refractivity contribution is -0.183. The molecule has 2 N–H and O–H groups in total. The third-order valence-corrected chi connectivity index (χ3v) is 7.80.